The quantitative estimate of drug-likeness (QED) is 0.159. The van der Waals surface area contributed by atoms with Gasteiger partial charge in [0, 0.05) is 54.0 Å². The molecule has 0 N–H and O–H groups in total. The molecule has 56 heavy (non-hydrogen) atoms. The van der Waals surface area contributed by atoms with Crippen LogP contribution in [0.5, 0.6) is 0 Å². The first-order valence-electron chi connectivity index (χ1n) is 18.9. The maximum Gasteiger partial charge on any atom is 0.160 e. The van der Waals surface area contributed by atoms with E-state index in [4.69, 9.17) is 9.97 Å². The van der Waals surface area contributed by atoms with Crippen LogP contribution in [0, 0.1) is 6.92 Å². The van der Waals surface area contributed by atoms with Crippen LogP contribution in [0.1, 0.15) is 10.4 Å². The highest BCUT2D eigenvalue weighted by Crippen LogP contribution is 2.45. The van der Waals surface area contributed by atoms with Gasteiger partial charge >= 0.3 is 0 Å². The largest absolute Gasteiger partial charge is 0.309 e. The van der Waals surface area contributed by atoms with Crippen LogP contribution in [0.3, 0.4) is 0 Å². The van der Waals surface area contributed by atoms with Gasteiger partial charge in [0.15, 0.2) is 5.82 Å². The minimum Gasteiger partial charge on any atom is -0.309 e. The predicted octanol–water partition coefficient (Wildman–Crippen LogP) is 13.9. The zero-order valence-corrected chi connectivity index (χ0v) is 31.5. The van der Waals surface area contributed by atoms with E-state index in [1.165, 1.54) is 58.8 Å². The highest BCUT2D eigenvalue weighted by Gasteiger charge is 2.22. The molecule has 0 radical (unpaired) electrons. The topological polar surface area (TPSA) is 35.6 Å². The van der Waals surface area contributed by atoms with Crippen LogP contribution in [0.15, 0.2) is 176 Å². The molecule has 4 aromatic heterocycles. The van der Waals surface area contributed by atoms with Crippen molar-refractivity contribution in [1.82, 2.24) is 19.1 Å². The van der Waals surface area contributed by atoms with E-state index >= 15 is 0 Å². The summed E-state index contributed by atoms with van der Waals surface area (Å²) in [6.07, 6.45) is 6.05. The molecule has 0 atom stereocenters. The van der Waals surface area contributed by atoms with Gasteiger partial charge in [0.05, 0.1) is 43.7 Å². The van der Waals surface area contributed by atoms with E-state index in [0.717, 1.165) is 44.4 Å². The summed E-state index contributed by atoms with van der Waals surface area (Å²) in [4.78, 5) is 11.6. The van der Waals surface area contributed by atoms with Crippen molar-refractivity contribution in [3.8, 4) is 34.0 Å². The number of para-hydroxylation sites is 3. The number of benzene rings is 7. The van der Waals surface area contributed by atoms with Gasteiger partial charge in [-0.2, -0.15) is 0 Å². The third kappa shape index (κ3) is 4.84. The van der Waals surface area contributed by atoms with Gasteiger partial charge in [0.25, 0.3) is 0 Å². The number of aromatic nitrogens is 4. The fraction of sp³-hybridized carbons (Fsp3) is 0.0196. The molecule has 0 aliphatic heterocycles. The second-order valence-corrected chi connectivity index (χ2v) is 15.4. The molecule has 0 bridgehead atoms. The average molecular weight is 735 g/mol. The maximum atomic E-state index is 5.21. The highest BCUT2D eigenvalue weighted by atomic mass is 32.1. The van der Waals surface area contributed by atoms with Crippen LogP contribution in [0.4, 0.5) is 0 Å². The molecule has 0 unspecified atom stereocenters. The molecule has 0 saturated carbocycles. The Morgan fingerprint density at radius 1 is 0.554 bits per heavy atom. The molecule has 5 heteroatoms. The van der Waals surface area contributed by atoms with Gasteiger partial charge < -0.3 is 9.13 Å². The van der Waals surface area contributed by atoms with Gasteiger partial charge in [-0.25, -0.2) is 9.97 Å². The first-order chi connectivity index (χ1) is 27.7. The Labute approximate surface area is 327 Å². The summed E-state index contributed by atoms with van der Waals surface area (Å²) in [5.74, 6) is 0.705. The molecule has 0 saturated heterocycles. The Balaban J connectivity index is 1.16. The Morgan fingerprint density at radius 2 is 1.18 bits per heavy atom. The van der Waals surface area contributed by atoms with Crippen LogP contribution >= 0.6 is 11.3 Å². The smallest absolute Gasteiger partial charge is 0.160 e. The number of rotatable bonds is 6. The monoisotopic (exact) mass is 734 g/mol. The van der Waals surface area contributed by atoms with Gasteiger partial charge in [0.2, 0.25) is 0 Å². The van der Waals surface area contributed by atoms with Gasteiger partial charge in [-0.15, -0.1) is 11.3 Å². The fourth-order valence-electron chi connectivity index (χ4n) is 8.65. The third-order valence-electron chi connectivity index (χ3n) is 11.0. The van der Waals surface area contributed by atoms with Gasteiger partial charge in [-0.05, 0) is 61.0 Å². The van der Waals surface area contributed by atoms with Crippen molar-refractivity contribution in [3.05, 3.63) is 187 Å². The number of thiophene rings is 1. The summed E-state index contributed by atoms with van der Waals surface area (Å²) in [7, 11) is 0. The lowest BCUT2D eigenvalue weighted by atomic mass is 10.1. The summed E-state index contributed by atoms with van der Waals surface area (Å²) in [5, 5.41) is 7.26. The van der Waals surface area contributed by atoms with Crippen LogP contribution < -0.4 is 0 Å². The Kier molecular flexibility index (Phi) is 7.37. The minimum atomic E-state index is 0.705. The third-order valence-corrected chi connectivity index (χ3v) is 12.2. The lowest BCUT2D eigenvalue weighted by Crippen LogP contribution is -1.98. The second-order valence-electron chi connectivity index (χ2n) is 14.2. The number of hydrogen-bond acceptors (Lipinski definition) is 3. The molecule has 11 aromatic rings. The van der Waals surface area contributed by atoms with E-state index in [-0.39, 0.29) is 0 Å². The maximum absolute atomic E-state index is 5.21. The van der Waals surface area contributed by atoms with Crippen LogP contribution in [-0.4, -0.2) is 19.1 Å². The molecule has 0 aliphatic rings. The molecule has 11 rings (SSSR count). The van der Waals surface area contributed by atoms with Crippen molar-refractivity contribution in [2.75, 3.05) is 0 Å². The summed E-state index contributed by atoms with van der Waals surface area (Å²) in [5.41, 5.74) is 12.1. The zero-order chi connectivity index (χ0) is 37.3. The molecule has 0 aliphatic carbocycles. The fourth-order valence-corrected chi connectivity index (χ4v) is 9.80. The summed E-state index contributed by atoms with van der Waals surface area (Å²) >= 11 is 1.86. The standard InChI is InChI=1S/C51H34N4S/c1-3-4-20-36-32(2)56-50-37(36)24-15-28-46(50)55-43-27-13-10-23-40(43)48-45(55)30-29-44-47(48)39-22-9-12-26-42(39)54(44)35-19-14-18-34(31-35)51-52-41-25-11-8-21-38(41)49(53-51)33-16-6-5-7-17-33/h3-31H,1H2,2H3/b20-4-. The first-order valence-corrected chi connectivity index (χ1v) is 19.7. The number of hydrogen-bond donors (Lipinski definition) is 0. The van der Waals surface area contributed by atoms with Crippen molar-refractivity contribution < 1.29 is 0 Å². The van der Waals surface area contributed by atoms with E-state index in [1.807, 2.05) is 35.6 Å². The number of aryl methyl sites for hydroxylation is 1. The number of nitrogens with zero attached hydrogens (tertiary/aromatic N) is 4. The van der Waals surface area contributed by atoms with E-state index in [9.17, 15) is 0 Å². The van der Waals surface area contributed by atoms with Crippen LogP contribution in [0.2, 0.25) is 0 Å². The molecular formula is C51H34N4S. The molecule has 4 heterocycles. The van der Waals surface area contributed by atoms with Gasteiger partial charge in [-0.1, -0.05) is 134 Å². The average Bonchev–Trinajstić information content (AvgIpc) is 3.89. The zero-order valence-electron chi connectivity index (χ0n) is 30.6. The summed E-state index contributed by atoms with van der Waals surface area (Å²) < 4.78 is 6.15. The number of allylic oxidation sites excluding steroid dienone is 2. The van der Waals surface area contributed by atoms with Crippen molar-refractivity contribution in [3.63, 3.8) is 0 Å². The van der Waals surface area contributed by atoms with Crippen LogP contribution in [-0.2, 0) is 0 Å². The van der Waals surface area contributed by atoms with Crippen molar-refractivity contribution >= 4 is 82.0 Å². The minimum absolute atomic E-state index is 0.705. The lowest BCUT2D eigenvalue weighted by Gasteiger charge is -2.12. The molecule has 0 amide bonds. The predicted molar refractivity (Wildman–Crippen MR) is 238 cm³/mol. The summed E-state index contributed by atoms with van der Waals surface area (Å²) in [6.45, 7) is 6.12. The van der Waals surface area contributed by atoms with E-state index in [2.05, 4.69) is 174 Å². The van der Waals surface area contributed by atoms with Gasteiger partial charge in [0.1, 0.15) is 0 Å². The lowest BCUT2D eigenvalue weighted by molar-refractivity contribution is 1.17. The van der Waals surface area contributed by atoms with Crippen molar-refractivity contribution in [1.29, 1.82) is 0 Å². The molecular weight excluding hydrogens is 701 g/mol. The summed E-state index contributed by atoms with van der Waals surface area (Å²) in [6, 6.07) is 56.3. The molecule has 264 valence electrons. The van der Waals surface area contributed by atoms with Crippen LogP contribution in [0.25, 0.3) is 105 Å². The van der Waals surface area contributed by atoms with E-state index in [0.29, 0.717) is 5.82 Å². The second kappa shape index (κ2) is 12.8. The Morgan fingerprint density at radius 3 is 1.95 bits per heavy atom. The highest BCUT2D eigenvalue weighted by molar-refractivity contribution is 7.19. The van der Waals surface area contributed by atoms with Crippen molar-refractivity contribution in [2.45, 2.75) is 6.92 Å². The molecule has 0 fully saturated rings. The normalized spacial score (nSPS) is 12.0. The Bertz CT molecular complexity index is 3400. The number of fused-ring (bicyclic) bond motifs is 9. The first kappa shape index (κ1) is 32.4. The molecule has 0 spiro atoms. The van der Waals surface area contributed by atoms with E-state index < -0.39 is 0 Å². The molecule has 4 nitrogen and oxygen atoms in total. The van der Waals surface area contributed by atoms with Gasteiger partial charge in [-0.3, -0.25) is 0 Å². The van der Waals surface area contributed by atoms with E-state index in [1.54, 1.807) is 0 Å². The SMILES string of the molecule is C=C/C=C\c1c(C)sc2c(-n3c4ccccc4c4c5c6ccccc6n(-c6cccc(-c7nc(-c8ccccc8)c8ccccc8n7)c6)c5ccc43)cccc12. The Hall–Kier alpha value is -7.08. The molecule has 7 aromatic carbocycles. The van der Waals surface area contributed by atoms with Crippen molar-refractivity contribution in [2.24, 2.45) is 0 Å².